The van der Waals surface area contributed by atoms with E-state index in [1.807, 2.05) is 0 Å². The molecule has 0 heterocycles. The quantitative estimate of drug-likeness (QED) is 0.740. The van der Waals surface area contributed by atoms with Crippen molar-refractivity contribution in [2.45, 2.75) is 25.9 Å². The Hall–Kier alpha value is -1.50. The summed E-state index contributed by atoms with van der Waals surface area (Å²) in [6, 6.07) is 3.39. The number of hydrogen-bond acceptors (Lipinski definition) is 1. The predicted molar refractivity (Wildman–Crippen MR) is 50.0 cm³/mol. The van der Waals surface area contributed by atoms with Gasteiger partial charge in [0.1, 0.15) is 28.9 Å². The molecule has 15 heavy (non-hydrogen) atoms. The van der Waals surface area contributed by atoms with Crippen molar-refractivity contribution in [3.8, 4) is 6.07 Å². The molecule has 0 aliphatic heterocycles. The third-order valence-electron chi connectivity index (χ3n) is 1.84. The number of nitrogens with zero attached hydrogens (tertiary/aromatic N) is 1. The summed E-state index contributed by atoms with van der Waals surface area (Å²) >= 11 is 0. The van der Waals surface area contributed by atoms with Crippen LogP contribution in [0.4, 0.5) is 13.2 Å². The Labute approximate surface area is 86.1 Å². The van der Waals surface area contributed by atoms with Gasteiger partial charge in [0.15, 0.2) is 0 Å². The molecule has 0 aliphatic carbocycles. The zero-order valence-corrected chi connectivity index (χ0v) is 8.44. The second-order valence-electron chi connectivity index (χ2n) is 3.94. The molecular formula is C11H10F3N. The zero-order chi connectivity index (χ0) is 11.6. The minimum Gasteiger partial charge on any atom is -0.244 e. The molecule has 0 saturated carbocycles. The number of halogens is 3. The lowest BCUT2D eigenvalue weighted by molar-refractivity contribution is 0.217. The molecule has 0 atom stereocenters. The summed E-state index contributed by atoms with van der Waals surface area (Å²) in [7, 11) is 0. The Balaban J connectivity index is 3.11. The van der Waals surface area contributed by atoms with Crippen molar-refractivity contribution in [2.24, 2.45) is 0 Å². The van der Waals surface area contributed by atoms with Crippen molar-refractivity contribution < 1.29 is 13.2 Å². The van der Waals surface area contributed by atoms with Crippen LogP contribution in [0.3, 0.4) is 0 Å². The Bertz CT molecular complexity index is 390. The molecule has 0 N–H and O–H groups in total. The third kappa shape index (κ3) is 2.98. The Kier molecular flexibility index (Phi) is 3.04. The summed E-state index contributed by atoms with van der Waals surface area (Å²) in [5, 5.41) is 8.42. The molecule has 0 spiro atoms. The van der Waals surface area contributed by atoms with Crippen molar-refractivity contribution in [1.82, 2.24) is 0 Å². The molecular weight excluding hydrogens is 203 g/mol. The van der Waals surface area contributed by atoms with Crippen LogP contribution in [0.2, 0.25) is 0 Å². The van der Waals surface area contributed by atoms with E-state index < -0.39 is 22.9 Å². The van der Waals surface area contributed by atoms with Crippen molar-refractivity contribution in [2.75, 3.05) is 0 Å². The maximum absolute atomic E-state index is 13.2. The topological polar surface area (TPSA) is 23.8 Å². The summed E-state index contributed by atoms with van der Waals surface area (Å²) in [6.07, 6.45) is -0.0907. The molecule has 0 aromatic heterocycles. The van der Waals surface area contributed by atoms with E-state index in [0.717, 1.165) is 12.1 Å². The van der Waals surface area contributed by atoms with Crippen LogP contribution in [-0.2, 0) is 6.42 Å². The lowest BCUT2D eigenvalue weighted by atomic mass is 9.99. The van der Waals surface area contributed by atoms with Gasteiger partial charge in [-0.05, 0) is 31.5 Å². The van der Waals surface area contributed by atoms with Crippen LogP contribution in [-0.4, -0.2) is 5.67 Å². The first-order chi connectivity index (χ1) is 6.83. The van der Waals surface area contributed by atoms with E-state index in [2.05, 4.69) is 0 Å². The first-order valence-corrected chi connectivity index (χ1v) is 4.40. The van der Waals surface area contributed by atoms with E-state index in [-0.39, 0.29) is 12.0 Å². The van der Waals surface area contributed by atoms with E-state index in [0.29, 0.717) is 0 Å². The van der Waals surface area contributed by atoms with Gasteiger partial charge in [-0.2, -0.15) is 5.26 Å². The number of nitriles is 1. The normalized spacial score (nSPS) is 11.2. The average Bonchev–Trinajstić information content (AvgIpc) is 1.99. The molecule has 0 aliphatic rings. The van der Waals surface area contributed by atoms with E-state index in [1.165, 1.54) is 19.9 Å². The van der Waals surface area contributed by atoms with Gasteiger partial charge in [-0.15, -0.1) is 0 Å². The molecule has 0 fully saturated rings. The highest BCUT2D eigenvalue weighted by Crippen LogP contribution is 2.20. The van der Waals surface area contributed by atoms with E-state index in [9.17, 15) is 13.2 Å². The zero-order valence-electron chi connectivity index (χ0n) is 8.44. The molecule has 1 nitrogen and oxygen atoms in total. The Morgan fingerprint density at radius 2 is 1.73 bits per heavy atom. The number of rotatable bonds is 2. The van der Waals surface area contributed by atoms with E-state index >= 15 is 0 Å². The van der Waals surface area contributed by atoms with Gasteiger partial charge >= 0.3 is 0 Å². The first-order valence-electron chi connectivity index (χ1n) is 4.40. The molecule has 0 radical (unpaired) electrons. The number of benzene rings is 1. The maximum atomic E-state index is 13.2. The molecule has 4 heteroatoms. The van der Waals surface area contributed by atoms with Crippen molar-refractivity contribution >= 4 is 0 Å². The van der Waals surface area contributed by atoms with E-state index in [1.54, 1.807) is 0 Å². The molecule has 1 rings (SSSR count). The number of alkyl halides is 1. The second-order valence-corrected chi connectivity index (χ2v) is 3.94. The van der Waals surface area contributed by atoms with Gasteiger partial charge in [-0.25, -0.2) is 13.2 Å². The molecule has 1 aromatic rings. The fourth-order valence-electron chi connectivity index (χ4n) is 1.32. The highest BCUT2D eigenvalue weighted by Gasteiger charge is 2.19. The summed E-state index contributed by atoms with van der Waals surface area (Å²) in [6.45, 7) is 2.64. The maximum Gasteiger partial charge on any atom is 0.144 e. The van der Waals surface area contributed by atoms with Crippen LogP contribution in [0.15, 0.2) is 12.1 Å². The molecule has 0 amide bonds. The van der Waals surface area contributed by atoms with Crippen LogP contribution < -0.4 is 0 Å². The van der Waals surface area contributed by atoms with Gasteiger partial charge in [0.25, 0.3) is 0 Å². The van der Waals surface area contributed by atoms with Crippen molar-refractivity contribution in [3.05, 3.63) is 34.9 Å². The molecule has 0 bridgehead atoms. The van der Waals surface area contributed by atoms with Crippen LogP contribution in [0.5, 0.6) is 0 Å². The molecule has 0 unspecified atom stereocenters. The minimum absolute atomic E-state index is 0.0907. The smallest absolute Gasteiger partial charge is 0.144 e. The van der Waals surface area contributed by atoms with Gasteiger partial charge < -0.3 is 0 Å². The van der Waals surface area contributed by atoms with Crippen LogP contribution in [0.25, 0.3) is 0 Å². The van der Waals surface area contributed by atoms with Gasteiger partial charge in [-0.3, -0.25) is 0 Å². The van der Waals surface area contributed by atoms with Gasteiger partial charge in [-0.1, -0.05) is 0 Å². The second kappa shape index (κ2) is 3.93. The largest absolute Gasteiger partial charge is 0.244 e. The lowest BCUT2D eigenvalue weighted by Gasteiger charge is -2.14. The molecule has 80 valence electrons. The van der Waals surface area contributed by atoms with E-state index in [4.69, 9.17) is 5.26 Å². The summed E-state index contributed by atoms with van der Waals surface area (Å²) in [5.74, 6) is -1.89. The predicted octanol–water partition coefficient (Wildman–Crippen LogP) is 3.13. The highest BCUT2D eigenvalue weighted by atomic mass is 19.1. The summed E-state index contributed by atoms with van der Waals surface area (Å²) in [4.78, 5) is 0. The monoisotopic (exact) mass is 213 g/mol. The highest BCUT2D eigenvalue weighted by molar-refractivity contribution is 5.35. The van der Waals surface area contributed by atoms with Gasteiger partial charge in [0.2, 0.25) is 0 Å². The van der Waals surface area contributed by atoms with Crippen LogP contribution in [0, 0.1) is 23.0 Å². The Morgan fingerprint density at radius 3 is 2.07 bits per heavy atom. The fraction of sp³-hybridized carbons (Fsp3) is 0.364. The summed E-state index contributed by atoms with van der Waals surface area (Å²) < 4.78 is 39.4. The number of hydrogen-bond donors (Lipinski definition) is 0. The van der Waals surface area contributed by atoms with Gasteiger partial charge in [0.05, 0.1) is 0 Å². The van der Waals surface area contributed by atoms with Crippen LogP contribution in [0.1, 0.15) is 25.0 Å². The van der Waals surface area contributed by atoms with Gasteiger partial charge in [0, 0.05) is 6.42 Å². The summed E-state index contributed by atoms with van der Waals surface area (Å²) in [5.41, 5.74) is -1.96. The van der Waals surface area contributed by atoms with Crippen molar-refractivity contribution in [1.29, 1.82) is 5.26 Å². The lowest BCUT2D eigenvalue weighted by Crippen LogP contribution is -2.16. The molecule has 1 aromatic carbocycles. The third-order valence-corrected chi connectivity index (χ3v) is 1.84. The minimum atomic E-state index is -1.53. The fourth-order valence-corrected chi connectivity index (χ4v) is 1.32. The SMILES string of the molecule is CC(C)(F)Cc1cc(F)c(C#N)c(F)c1. The van der Waals surface area contributed by atoms with Crippen molar-refractivity contribution in [3.63, 3.8) is 0 Å². The van der Waals surface area contributed by atoms with Crippen LogP contribution >= 0.6 is 0 Å². The average molecular weight is 213 g/mol. The Morgan fingerprint density at radius 1 is 1.27 bits per heavy atom. The molecule has 0 saturated heterocycles. The standard InChI is InChI=1S/C11H10F3N/c1-11(2,14)5-7-3-9(12)8(6-15)10(13)4-7/h3-4H,5H2,1-2H3. The first kappa shape index (κ1) is 11.6.